The quantitative estimate of drug-likeness (QED) is 0.862. The van der Waals surface area contributed by atoms with E-state index in [-0.39, 0.29) is 11.4 Å². The monoisotopic (exact) mass is 275 g/mol. The molecule has 0 radical (unpaired) electrons. The van der Waals surface area contributed by atoms with Crippen LogP contribution in [-0.4, -0.2) is 18.6 Å². The van der Waals surface area contributed by atoms with Crippen LogP contribution in [0.25, 0.3) is 0 Å². The van der Waals surface area contributed by atoms with Crippen LogP contribution in [0.3, 0.4) is 0 Å². The van der Waals surface area contributed by atoms with Crippen LogP contribution in [0.2, 0.25) is 0 Å². The van der Waals surface area contributed by atoms with Gasteiger partial charge >= 0.3 is 5.97 Å². The van der Waals surface area contributed by atoms with Crippen molar-refractivity contribution in [2.24, 2.45) is 5.73 Å². The number of carbonyl (C=O) groups excluding carboxylic acids is 1. The van der Waals surface area contributed by atoms with Crippen LogP contribution in [0.1, 0.15) is 57.1 Å². The van der Waals surface area contributed by atoms with Gasteiger partial charge in [-0.15, -0.1) is 0 Å². The Hall–Kier alpha value is -1.35. The first-order valence-corrected chi connectivity index (χ1v) is 7.27. The molecule has 1 aromatic rings. The summed E-state index contributed by atoms with van der Waals surface area (Å²) >= 11 is 0. The average molecular weight is 275 g/mol. The van der Waals surface area contributed by atoms with Crippen molar-refractivity contribution in [2.45, 2.75) is 56.9 Å². The molecule has 0 spiro atoms. The number of ether oxygens (including phenoxy) is 1. The van der Waals surface area contributed by atoms with Gasteiger partial charge in [-0.05, 0) is 43.7 Å². The zero-order valence-electron chi connectivity index (χ0n) is 12.9. The van der Waals surface area contributed by atoms with E-state index in [9.17, 15) is 4.79 Å². The number of nitrogens with two attached hydrogens (primary N) is 1. The number of carbonyl (C=O) groups is 1. The molecular weight excluding hydrogens is 250 g/mol. The Morgan fingerprint density at radius 3 is 2.70 bits per heavy atom. The highest BCUT2D eigenvalue weighted by atomic mass is 16.5. The number of hydrogen-bond acceptors (Lipinski definition) is 3. The summed E-state index contributed by atoms with van der Waals surface area (Å²) in [7, 11) is 1.44. The highest BCUT2D eigenvalue weighted by Gasteiger charge is 2.49. The molecule has 0 amide bonds. The summed E-state index contributed by atoms with van der Waals surface area (Å²) in [6.45, 7) is 6.27. The van der Waals surface area contributed by atoms with E-state index < -0.39 is 5.54 Å². The summed E-state index contributed by atoms with van der Waals surface area (Å²) in [5.41, 5.74) is 8.22. The minimum atomic E-state index is -0.475. The molecule has 0 saturated heterocycles. The number of benzene rings is 1. The van der Waals surface area contributed by atoms with Crippen molar-refractivity contribution in [1.82, 2.24) is 0 Å². The second-order valence-corrected chi connectivity index (χ2v) is 6.58. The first-order chi connectivity index (χ1) is 9.32. The molecule has 2 unspecified atom stereocenters. The van der Waals surface area contributed by atoms with Crippen LogP contribution < -0.4 is 5.73 Å². The lowest BCUT2D eigenvalue weighted by atomic mass is 9.57. The standard InChI is InChI=1S/C17H25NO2/c1-12-9-10-17(16(2,3)18,11-15(19)20-4)14-8-6-5-7-13(12)14/h5-8,12H,9-11,18H2,1-4H3. The molecule has 3 heteroatoms. The van der Waals surface area contributed by atoms with E-state index in [0.29, 0.717) is 12.3 Å². The van der Waals surface area contributed by atoms with Crippen molar-refractivity contribution < 1.29 is 9.53 Å². The molecule has 0 aromatic heterocycles. The lowest BCUT2D eigenvalue weighted by Gasteiger charge is -2.49. The van der Waals surface area contributed by atoms with Gasteiger partial charge in [-0.2, -0.15) is 0 Å². The van der Waals surface area contributed by atoms with Gasteiger partial charge in [-0.25, -0.2) is 0 Å². The number of hydrogen-bond donors (Lipinski definition) is 1. The maximum absolute atomic E-state index is 11.9. The molecule has 0 aliphatic heterocycles. The molecule has 2 rings (SSSR count). The van der Waals surface area contributed by atoms with Gasteiger partial charge < -0.3 is 10.5 Å². The zero-order valence-corrected chi connectivity index (χ0v) is 12.9. The maximum Gasteiger partial charge on any atom is 0.306 e. The van der Waals surface area contributed by atoms with E-state index in [1.54, 1.807) is 0 Å². The van der Waals surface area contributed by atoms with Crippen molar-refractivity contribution in [2.75, 3.05) is 7.11 Å². The Balaban J connectivity index is 2.59. The van der Waals surface area contributed by atoms with E-state index in [4.69, 9.17) is 10.5 Å². The molecule has 1 aliphatic carbocycles. The van der Waals surface area contributed by atoms with Crippen LogP contribution in [0.15, 0.2) is 24.3 Å². The van der Waals surface area contributed by atoms with Crippen LogP contribution in [0.4, 0.5) is 0 Å². The van der Waals surface area contributed by atoms with Crippen LogP contribution >= 0.6 is 0 Å². The smallest absolute Gasteiger partial charge is 0.306 e. The molecule has 0 heterocycles. The summed E-state index contributed by atoms with van der Waals surface area (Å²) in [4.78, 5) is 11.9. The van der Waals surface area contributed by atoms with Crippen LogP contribution in [0.5, 0.6) is 0 Å². The fraction of sp³-hybridized carbons (Fsp3) is 0.588. The van der Waals surface area contributed by atoms with Crippen LogP contribution in [-0.2, 0) is 14.9 Å². The van der Waals surface area contributed by atoms with Gasteiger partial charge in [0.05, 0.1) is 13.5 Å². The molecule has 0 bridgehead atoms. The van der Waals surface area contributed by atoms with Gasteiger partial charge in [0.2, 0.25) is 0 Å². The molecule has 2 atom stereocenters. The molecule has 2 N–H and O–H groups in total. The maximum atomic E-state index is 11.9. The highest BCUT2D eigenvalue weighted by Crippen LogP contribution is 2.49. The van der Waals surface area contributed by atoms with Crippen molar-refractivity contribution in [3.63, 3.8) is 0 Å². The molecule has 1 aliphatic rings. The molecule has 0 fully saturated rings. The first-order valence-electron chi connectivity index (χ1n) is 7.27. The van der Waals surface area contributed by atoms with E-state index in [0.717, 1.165) is 12.8 Å². The van der Waals surface area contributed by atoms with Gasteiger partial charge in [0.15, 0.2) is 0 Å². The minimum Gasteiger partial charge on any atom is -0.469 e. The molecule has 20 heavy (non-hydrogen) atoms. The fourth-order valence-corrected chi connectivity index (χ4v) is 3.51. The highest BCUT2D eigenvalue weighted by molar-refractivity contribution is 5.72. The number of esters is 1. The third-order valence-electron chi connectivity index (χ3n) is 4.92. The Labute approximate surface area is 121 Å². The third-order valence-corrected chi connectivity index (χ3v) is 4.92. The minimum absolute atomic E-state index is 0.187. The van der Waals surface area contributed by atoms with Gasteiger partial charge in [0.1, 0.15) is 0 Å². The lowest BCUT2D eigenvalue weighted by Crippen LogP contribution is -2.56. The summed E-state index contributed by atoms with van der Waals surface area (Å²) in [6, 6.07) is 8.39. The SMILES string of the molecule is COC(=O)CC1(C(C)(C)N)CCC(C)c2ccccc21. The Kier molecular flexibility index (Phi) is 3.92. The molecule has 110 valence electrons. The van der Waals surface area contributed by atoms with Crippen molar-refractivity contribution in [3.05, 3.63) is 35.4 Å². The summed E-state index contributed by atoms with van der Waals surface area (Å²) in [5, 5.41) is 0. The van der Waals surface area contributed by atoms with E-state index in [1.165, 1.54) is 18.2 Å². The molecule has 0 saturated carbocycles. The Morgan fingerprint density at radius 2 is 2.10 bits per heavy atom. The zero-order chi connectivity index (χ0) is 15.0. The molecular formula is C17H25NO2. The van der Waals surface area contributed by atoms with Gasteiger partial charge in [0.25, 0.3) is 0 Å². The molecule has 1 aromatic carbocycles. The van der Waals surface area contributed by atoms with E-state index in [2.05, 4.69) is 25.1 Å². The normalized spacial score (nSPS) is 25.9. The average Bonchev–Trinajstić information content (AvgIpc) is 2.41. The summed E-state index contributed by atoms with van der Waals surface area (Å²) < 4.78 is 4.92. The van der Waals surface area contributed by atoms with Gasteiger partial charge in [-0.1, -0.05) is 31.2 Å². The van der Waals surface area contributed by atoms with Crippen molar-refractivity contribution >= 4 is 5.97 Å². The Morgan fingerprint density at radius 1 is 1.45 bits per heavy atom. The molecule has 3 nitrogen and oxygen atoms in total. The van der Waals surface area contributed by atoms with Crippen molar-refractivity contribution in [3.8, 4) is 0 Å². The van der Waals surface area contributed by atoms with E-state index in [1.807, 2.05) is 19.9 Å². The Bertz CT molecular complexity index is 504. The summed E-state index contributed by atoms with van der Waals surface area (Å²) in [6.07, 6.45) is 2.31. The fourth-order valence-electron chi connectivity index (χ4n) is 3.51. The first kappa shape index (κ1) is 15.0. The van der Waals surface area contributed by atoms with Gasteiger partial charge in [-0.3, -0.25) is 4.79 Å². The second kappa shape index (κ2) is 5.21. The lowest BCUT2D eigenvalue weighted by molar-refractivity contribution is -0.143. The number of fused-ring (bicyclic) bond motifs is 1. The van der Waals surface area contributed by atoms with Crippen LogP contribution in [0, 0.1) is 0 Å². The number of methoxy groups -OCH3 is 1. The third kappa shape index (κ3) is 2.35. The van der Waals surface area contributed by atoms with Crippen molar-refractivity contribution in [1.29, 1.82) is 0 Å². The largest absolute Gasteiger partial charge is 0.469 e. The predicted molar refractivity (Wildman–Crippen MR) is 80.7 cm³/mol. The van der Waals surface area contributed by atoms with Gasteiger partial charge in [0, 0.05) is 11.0 Å². The topological polar surface area (TPSA) is 52.3 Å². The predicted octanol–water partition coefficient (Wildman–Crippen LogP) is 3.12. The number of rotatable bonds is 3. The second-order valence-electron chi connectivity index (χ2n) is 6.58. The van der Waals surface area contributed by atoms with E-state index >= 15 is 0 Å². The summed E-state index contributed by atoms with van der Waals surface area (Å²) in [5.74, 6) is 0.326.